The predicted molar refractivity (Wildman–Crippen MR) is 381 cm³/mol. The Hall–Kier alpha value is -7.51. The zero-order chi connectivity index (χ0) is 72.5. The van der Waals surface area contributed by atoms with E-state index >= 15 is 8.78 Å². The number of nitrogens with two attached hydrogens (primary N) is 2. The summed E-state index contributed by atoms with van der Waals surface area (Å²) < 4.78 is 110. The Morgan fingerprint density at radius 2 is 0.816 bits per heavy atom. The first-order valence-corrected chi connectivity index (χ1v) is 37.7. The molecule has 0 unspecified atom stereocenters. The lowest BCUT2D eigenvalue weighted by molar-refractivity contribution is -0.154. The van der Waals surface area contributed by atoms with Crippen LogP contribution in [0.5, 0.6) is 0 Å². The second-order valence-corrected chi connectivity index (χ2v) is 39.2. The Labute approximate surface area is 575 Å². The number of ether oxygens (including phenoxy) is 2. The van der Waals surface area contributed by atoms with E-state index in [1.165, 1.54) is 24.3 Å². The van der Waals surface area contributed by atoms with Crippen molar-refractivity contribution in [1.29, 1.82) is 0 Å². The van der Waals surface area contributed by atoms with E-state index in [9.17, 15) is 36.2 Å². The molecule has 0 amide bonds. The van der Waals surface area contributed by atoms with Crippen LogP contribution in [0, 0.1) is 31.3 Å². The molecule has 0 aliphatic carbocycles. The van der Waals surface area contributed by atoms with E-state index in [0.717, 1.165) is 11.1 Å². The Morgan fingerprint density at radius 1 is 0.480 bits per heavy atom. The monoisotopic (exact) mass is 1410 g/mol. The number of rotatable bonds is 13. The summed E-state index contributed by atoms with van der Waals surface area (Å²) in [7, 11) is -8.50. The number of amidine groups is 1. The second kappa shape index (κ2) is 26.5. The molecule has 11 rings (SSSR count). The molecule has 0 bridgehead atoms. The van der Waals surface area contributed by atoms with Crippen molar-refractivity contribution in [1.82, 2.24) is 9.97 Å². The lowest BCUT2D eigenvalue weighted by Crippen LogP contribution is -2.58. The van der Waals surface area contributed by atoms with Gasteiger partial charge in [-0.15, -0.1) is 0 Å². The van der Waals surface area contributed by atoms with E-state index in [1.807, 2.05) is 26.0 Å². The third-order valence-electron chi connectivity index (χ3n) is 19.6. The molecule has 25 heteroatoms. The van der Waals surface area contributed by atoms with Crippen molar-refractivity contribution < 1.29 is 54.4 Å². The molecule has 3 aromatic carbocycles. The number of aromatic nitrogens is 2. The Balaban J connectivity index is 0.000000174. The number of hydrogen-bond donors (Lipinski definition) is 2. The maximum absolute atomic E-state index is 15.5. The van der Waals surface area contributed by atoms with E-state index < -0.39 is 116 Å². The number of esters is 2. The largest absolute Gasteiger partial charge is 0.460 e. The molecule has 0 saturated heterocycles. The molecule has 6 aliphatic rings. The third kappa shape index (κ3) is 13.9. The summed E-state index contributed by atoms with van der Waals surface area (Å²) in [5.74, 6) is -2.51. The highest BCUT2D eigenvalue weighted by Crippen LogP contribution is 2.52. The van der Waals surface area contributed by atoms with Gasteiger partial charge in [0.1, 0.15) is 67.2 Å². The van der Waals surface area contributed by atoms with E-state index in [2.05, 4.69) is 23.1 Å². The van der Waals surface area contributed by atoms with Crippen LogP contribution in [0.4, 0.5) is 18.9 Å². The number of benzene rings is 3. The van der Waals surface area contributed by atoms with Gasteiger partial charge < -0.3 is 20.9 Å². The number of hydrogen-bond acceptors (Lipinski definition) is 19. The SMILES string of the molecule is CC(C)(C)OC(=O)CC1=N[C@](C)(c2cc(N)ccc2F)[C@@H]2CCN=[S@]2(=O)C1(C)C.Cc1ccc(C(=O)Cc2ccc(F)c([C@@]3(C)N=C(CC(=O)OC(C)(C)C)C(C)(C)[S@@]4(=O)=NCC[C@@H]34)c2)nc1.Cc1ccc(C(=O)Cc2ccc(F)c([C@@]3(C)N=C(N)C(C)(C)[S@@]4(=O)=NCC[C@@H]34)c2)nc1. The van der Waals surface area contributed by atoms with E-state index in [1.54, 1.807) is 159 Å². The fraction of sp³-hybridized carbons (Fsp3) is 0.521. The minimum atomic E-state index is -2.93. The number of fused-ring (bicyclic) bond motifs is 3. The maximum atomic E-state index is 15.5. The highest BCUT2D eigenvalue weighted by Gasteiger charge is 2.60. The number of ketones is 2. The zero-order valence-electron chi connectivity index (χ0n) is 59.2. The summed E-state index contributed by atoms with van der Waals surface area (Å²) in [5, 5.41) is -1.48. The summed E-state index contributed by atoms with van der Waals surface area (Å²) in [6.45, 7) is 31.8. The number of carbonyl (C=O) groups excluding carboxylic acids is 4. The molecule has 0 spiro atoms. The molecule has 2 aromatic heterocycles. The Morgan fingerprint density at radius 3 is 1.16 bits per heavy atom. The highest BCUT2D eigenvalue weighted by atomic mass is 32.2. The lowest BCUT2D eigenvalue weighted by atomic mass is 9.84. The van der Waals surface area contributed by atoms with Crippen LogP contribution in [0.25, 0.3) is 0 Å². The molecular formula is C73H93F3N10O9S3. The fourth-order valence-electron chi connectivity index (χ4n) is 14.0. The molecule has 8 heterocycles. The molecule has 0 radical (unpaired) electrons. The van der Waals surface area contributed by atoms with Crippen molar-refractivity contribution in [2.24, 2.45) is 33.8 Å². The number of aliphatic imine (C=N–C) groups is 3. The molecular weight excluding hydrogens is 1310 g/mol. The third-order valence-corrected chi connectivity index (χ3v) is 30.8. The van der Waals surface area contributed by atoms with Crippen molar-refractivity contribution in [2.75, 3.05) is 25.4 Å². The summed E-state index contributed by atoms with van der Waals surface area (Å²) in [6.07, 6.45) is 4.67. The van der Waals surface area contributed by atoms with Gasteiger partial charge in [0.15, 0.2) is 11.6 Å². The lowest BCUT2D eigenvalue weighted by Gasteiger charge is -2.46. The molecule has 0 saturated carbocycles. The van der Waals surface area contributed by atoms with Crippen LogP contribution >= 0.6 is 0 Å². The number of Topliss-reactive ketones (excluding diaryl/α,β-unsaturated/α-hetero) is 2. The first-order chi connectivity index (χ1) is 45.3. The van der Waals surface area contributed by atoms with Gasteiger partial charge in [-0.3, -0.25) is 44.1 Å². The van der Waals surface area contributed by atoms with Crippen molar-refractivity contribution >= 4 is 75.6 Å². The average molecular weight is 1410 g/mol. The van der Waals surface area contributed by atoms with Crippen LogP contribution in [-0.4, -0.2) is 124 Å². The van der Waals surface area contributed by atoms with E-state index in [0.29, 0.717) is 84.1 Å². The van der Waals surface area contributed by atoms with Crippen molar-refractivity contribution in [3.63, 3.8) is 0 Å². The van der Waals surface area contributed by atoms with Gasteiger partial charge in [-0.1, -0.05) is 24.3 Å². The normalized spacial score (nSPS) is 28.5. The van der Waals surface area contributed by atoms with Crippen LogP contribution in [0.2, 0.25) is 0 Å². The van der Waals surface area contributed by atoms with Crippen molar-refractivity contribution in [3.8, 4) is 0 Å². The summed E-state index contributed by atoms with van der Waals surface area (Å²) in [6, 6.07) is 20.4. The number of anilines is 1. The minimum absolute atomic E-state index is 0.0316. The molecule has 5 aromatic rings. The van der Waals surface area contributed by atoms with Crippen LogP contribution < -0.4 is 11.5 Å². The van der Waals surface area contributed by atoms with Gasteiger partial charge in [0, 0.05) is 78.7 Å². The molecule has 98 heavy (non-hydrogen) atoms. The average Bonchev–Trinajstić information content (AvgIpc) is 1.38. The molecule has 528 valence electrons. The molecule has 9 atom stereocenters. The van der Waals surface area contributed by atoms with Crippen LogP contribution in [-0.2, 0) is 77.7 Å². The van der Waals surface area contributed by atoms with Gasteiger partial charge in [-0.25, -0.2) is 38.9 Å². The summed E-state index contributed by atoms with van der Waals surface area (Å²) in [5.41, 5.74) is 13.2. The number of pyridine rings is 2. The van der Waals surface area contributed by atoms with Crippen LogP contribution in [0.15, 0.2) is 119 Å². The first-order valence-electron chi connectivity index (χ1n) is 32.9. The number of aryl methyl sites for hydroxylation is 2. The summed E-state index contributed by atoms with van der Waals surface area (Å²) >= 11 is 0. The quantitative estimate of drug-likeness (QED) is 0.0630. The number of halogens is 3. The molecule has 4 N–H and O–H groups in total. The Bertz CT molecular complexity index is 4550. The van der Waals surface area contributed by atoms with Gasteiger partial charge in [0.05, 0.1) is 67.3 Å². The smallest absolute Gasteiger partial charge is 0.312 e. The number of carbonyl (C=O) groups is 4. The van der Waals surface area contributed by atoms with Crippen molar-refractivity contribution in [2.45, 2.75) is 220 Å². The second-order valence-electron chi connectivity index (χ2n) is 30.2. The number of nitrogen functional groups attached to an aromatic ring is 1. The van der Waals surface area contributed by atoms with Crippen LogP contribution in [0.3, 0.4) is 0 Å². The molecule has 19 nitrogen and oxygen atoms in total. The number of nitrogens with zero attached hydrogens (tertiary/aromatic N) is 8. The van der Waals surface area contributed by atoms with E-state index in [-0.39, 0.29) is 54.2 Å². The van der Waals surface area contributed by atoms with Crippen molar-refractivity contribution in [3.05, 3.63) is 159 Å². The van der Waals surface area contributed by atoms with E-state index in [4.69, 9.17) is 35.9 Å². The van der Waals surface area contributed by atoms with Gasteiger partial charge >= 0.3 is 11.9 Å². The van der Waals surface area contributed by atoms with Gasteiger partial charge in [0.25, 0.3) is 0 Å². The predicted octanol–water partition coefficient (Wildman–Crippen LogP) is 12.8. The Kier molecular flexibility index (Phi) is 20.2. The molecule has 6 aliphatic heterocycles. The topological polar surface area (TPSA) is 290 Å². The van der Waals surface area contributed by atoms with Gasteiger partial charge in [-0.2, -0.15) is 0 Å². The fourth-order valence-corrected chi connectivity index (χ4v) is 23.7. The molecule has 0 fully saturated rings. The van der Waals surface area contributed by atoms with Gasteiger partial charge in [0.2, 0.25) is 0 Å². The first kappa shape index (κ1) is 74.7. The highest BCUT2D eigenvalue weighted by molar-refractivity contribution is 7.97. The zero-order valence-corrected chi connectivity index (χ0v) is 61.7. The van der Waals surface area contributed by atoms with Gasteiger partial charge in [-0.05, 0) is 214 Å². The standard InChI is InChI=1S/C29H36FN3O4S.C23H27FN4O2S.C21H30FN3O3S/c1-18-8-11-22(31-17-18)23(34)15-19-9-10-21(30)20(14-19)29(7)25-12-13-32-38(25,36)28(5,6)24(33-29)16-26(35)37-27(2,3)4;1-14-5-8-18(26-13-14)19(29)12-15-6-7-17(24)16(11-15)23(4)20-9-10-27-31(20,30)22(2,3)21(25)28-23;1-19(2,3)28-18(26)12-16-20(4,5)29(27)17(9-10-24-29)21(6,25-16)14-11-13(23)7-8-15(14)22/h8-11,14,17,25H,12-13,15-16H2,1-7H3;5-8,11,13,20H,9-10,12H2,1-4H3,(H2,25,28);7-8,11,17H,9-10,12,23H2,1-6H3/t25-,29+,38+;20-,23+,31+;17-,21+,29+/m000/s1. The summed E-state index contributed by atoms with van der Waals surface area (Å²) in [4.78, 5) is 73.9. The minimum Gasteiger partial charge on any atom is -0.460 e. The van der Waals surface area contributed by atoms with Crippen LogP contribution in [0.1, 0.15) is 196 Å². The maximum Gasteiger partial charge on any atom is 0.312 e.